The number of nitrogens with two attached hydrogens (primary N) is 1. The Balaban J connectivity index is 1.64. The van der Waals surface area contributed by atoms with Gasteiger partial charge in [-0.25, -0.2) is 4.98 Å². The zero-order valence-corrected chi connectivity index (χ0v) is 16.6. The highest BCUT2D eigenvalue weighted by Gasteiger charge is 2.47. The molecule has 0 unspecified atom stereocenters. The second-order valence-corrected chi connectivity index (χ2v) is 7.22. The number of benzene rings is 1. The summed E-state index contributed by atoms with van der Waals surface area (Å²) < 4.78 is 7.00. The molecule has 11 nitrogen and oxygen atoms in total. The lowest BCUT2D eigenvalue weighted by Crippen LogP contribution is -2.41. The van der Waals surface area contributed by atoms with Crippen LogP contribution < -0.4 is 16.4 Å². The highest BCUT2D eigenvalue weighted by Crippen LogP contribution is 2.33. The van der Waals surface area contributed by atoms with E-state index in [2.05, 4.69) is 25.6 Å². The SMILES string of the molecule is CNC(=O)[C@H]1O[C@@H](n2cnc3c(NCc4cccc(Cl)c4)nc(N)nc32)[C@H](O)[C@@H]1O. The fraction of sp³-hybridized carbons (Fsp3) is 0.333. The van der Waals surface area contributed by atoms with Gasteiger partial charge in [0.15, 0.2) is 29.3 Å². The van der Waals surface area contributed by atoms with Gasteiger partial charge in [-0.05, 0) is 17.7 Å². The number of carbonyl (C=O) groups is 1. The molecule has 4 atom stereocenters. The summed E-state index contributed by atoms with van der Waals surface area (Å²) in [5.41, 5.74) is 7.46. The number of nitrogens with one attached hydrogen (secondary N) is 2. The summed E-state index contributed by atoms with van der Waals surface area (Å²) in [7, 11) is 1.41. The average molecular weight is 434 g/mol. The third-order valence-corrected chi connectivity index (χ3v) is 5.04. The summed E-state index contributed by atoms with van der Waals surface area (Å²) in [5, 5.41) is 26.8. The Bertz CT molecular complexity index is 1090. The van der Waals surface area contributed by atoms with Crippen LogP contribution >= 0.6 is 11.6 Å². The molecule has 0 bridgehead atoms. The topological polar surface area (TPSA) is 160 Å². The number of fused-ring (bicyclic) bond motifs is 1. The van der Waals surface area contributed by atoms with Crippen molar-refractivity contribution in [3.8, 4) is 0 Å². The van der Waals surface area contributed by atoms with E-state index in [1.807, 2.05) is 18.2 Å². The monoisotopic (exact) mass is 433 g/mol. The predicted molar refractivity (Wildman–Crippen MR) is 109 cm³/mol. The summed E-state index contributed by atoms with van der Waals surface area (Å²) >= 11 is 6.02. The van der Waals surface area contributed by atoms with Crippen LogP contribution in [0.2, 0.25) is 5.02 Å². The normalized spacial score (nSPS) is 23.6. The van der Waals surface area contributed by atoms with Gasteiger partial charge in [0.05, 0.1) is 6.33 Å². The molecule has 12 heteroatoms. The minimum absolute atomic E-state index is 0.0197. The van der Waals surface area contributed by atoms with Gasteiger partial charge in [0.2, 0.25) is 5.95 Å². The molecule has 0 radical (unpaired) electrons. The van der Waals surface area contributed by atoms with Crippen molar-refractivity contribution < 1.29 is 19.7 Å². The van der Waals surface area contributed by atoms with E-state index in [4.69, 9.17) is 22.1 Å². The number of hydrogen-bond acceptors (Lipinski definition) is 9. The Morgan fingerprint density at radius 1 is 1.33 bits per heavy atom. The number of hydrogen-bond donors (Lipinski definition) is 5. The molecule has 3 heterocycles. The average Bonchev–Trinajstić information content (AvgIpc) is 3.27. The zero-order chi connectivity index (χ0) is 21.4. The van der Waals surface area contributed by atoms with Crippen LogP contribution in [0.4, 0.5) is 11.8 Å². The number of aliphatic hydroxyl groups excluding tert-OH is 2. The largest absolute Gasteiger partial charge is 0.387 e. The van der Waals surface area contributed by atoms with Gasteiger partial charge in [0.25, 0.3) is 5.91 Å². The van der Waals surface area contributed by atoms with E-state index in [-0.39, 0.29) is 11.6 Å². The maximum absolute atomic E-state index is 11.9. The molecule has 0 aliphatic carbocycles. The molecule has 6 N–H and O–H groups in total. The van der Waals surface area contributed by atoms with Gasteiger partial charge in [-0.2, -0.15) is 9.97 Å². The molecule has 1 amide bonds. The molecule has 1 aliphatic heterocycles. The maximum atomic E-state index is 11.9. The fourth-order valence-electron chi connectivity index (χ4n) is 3.32. The molecule has 1 saturated heterocycles. The van der Waals surface area contributed by atoms with Crippen LogP contribution in [0.15, 0.2) is 30.6 Å². The van der Waals surface area contributed by atoms with Gasteiger partial charge in [0.1, 0.15) is 12.2 Å². The number of rotatable bonds is 5. The Kier molecular flexibility index (Phi) is 5.43. The minimum Gasteiger partial charge on any atom is -0.387 e. The van der Waals surface area contributed by atoms with Crippen molar-refractivity contribution in [3.63, 3.8) is 0 Å². The maximum Gasteiger partial charge on any atom is 0.251 e. The first-order valence-electron chi connectivity index (χ1n) is 9.10. The predicted octanol–water partition coefficient (Wildman–Crippen LogP) is 0.0392. The van der Waals surface area contributed by atoms with Gasteiger partial charge in [-0.1, -0.05) is 23.7 Å². The van der Waals surface area contributed by atoms with E-state index in [9.17, 15) is 15.0 Å². The fourth-order valence-corrected chi connectivity index (χ4v) is 3.54. The molecule has 3 aromatic rings. The molecule has 4 rings (SSSR count). The van der Waals surface area contributed by atoms with Crippen LogP contribution in [0.5, 0.6) is 0 Å². The molecule has 158 valence electrons. The smallest absolute Gasteiger partial charge is 0.251 e. The molecule has 1 aromatic carbocycles. The number of halogens is 1. The second kappa shape index (κ2) is 8.03. The van der Waals surface area contributed by atoms with Crippen molar-refractivity contribution in [1.82, 2.24) is 24.8 Å². The van der Waals surface area contributed by atoms with Crippen molar-refractivity contribution in [2.24, 2.45) is 0 Å². The number of nitrogen functional groups attached to an aromatic ring is 1. The Hall–Kier alpha value is -2.99. The number of imidazole rings is 1. The van der Waals surface area contributed by atoms with Crippen LogP contribution in [0.1, 0.15) is 11.8 Å². The number of ether oxygens (including phenoxy) is 1. The van der Waals surface area contributed by atoms with Crippen LogP contribution in [0.25, 0.3) is 11.2 Å². The zero-order valence-electron chi connectivity index (χ0n) is 15.9. The standard InChI is InChI=1S/C18H20ClN7O4/c1-21-16(29)13-11(27)12(28)17(30-13)26-7-23-10-14(24-18(20)25-15(10)26)22-6-8-3-2-4-9(19)5-8/h2-5,7,11-13,17,27-28H,6H2,1H3,(H,21,29)(H3,20,22,24,25)/t11-,12+,13-,17+/m0/s1. The van der Waals surface area contributed by atoms with Crippen LogP contribution in [-0.2, 0) is 16.1 Å². The van der Waals surface area contributed by atoms with Crippen molar-refractivity contribution in [2.75, 3.05) is 18.1 Å². The minimum atomic E-state index is -1.41. The van der Waals surface area contributed by atoms with E-state index in [1.165, 1.54) is 17.9 Å². The van der Waals surface area contributed by atoms with Crippen molar-refractivity contribution in [3.05, 3.63) is 41.2 Å². The lowest BCUT2D eigenvalue weighted by molar-refractivity contribution is -0.137. The van der Waals surface area contributed by atoms with E-state index in [0.29, 0.717) is 22.9 Å². The number of likely N-dealkylation sites (N-methyl/N-ethyl adjacent to an activating group) is 1. The second-order valence-electron chi connectivity index (χ2n) is 6.78. The highest BCUT2D eigenvalue weighted by molar-refractivity contribution is 6.30. The molecule has 2 aromatic heterocycles. The molecule has 1 fully saturated rings. The quantitative estimate of drug-likeness (QED) is 0.374. The van der Waals surface area contributed by atoms with Gasteiger partial charge in [-0.3, -0.25) is 9.36 Å². The van der Waals surface area contributed by atoms with E-state index in [1.54, 1.807) is 6.07 Å². The van der Waals surface area contributed by atoms with Gasteiger partial charge in [-0.15, -0.1) is 0 Å². The number of nitrogens with zero attached hydrogens (tertiary/aromatic N) is 4. The van der Waals surface area contributed by atoms with Gasteiger partial charge < -0.3 is 31.3 Å². The van der Waals surface area contributed by atoms with Crippen molar-refractivity contribution in [2.45, 2.75) is 31.1 Å². The van der Waals surface area contributed by atoms with Gasteiger partial charge >= 0.3 is 0 Å². The Morgan fingerprint density at radius 3 is 2.87 bits per heavy atom. The number of anilines is 2. The molecule has 1 aliphatic rings. The van der Waals surface area contributed by atoms with Crippen LogP contribution in [0, 0.1) is 0 Å². The van der Waals surface area contributed by atoms with E-state index in [0.717, 1.165) is 5.56 Å². The van der Waals surface area contributed by atoms with Crippen LogP contribution in [-0.4, -0.2) is 61.0 Å². The molecular weight excluding hydrogens is 414 g/mol. The summed E-state index contributed by atoms with van der Waals surface area (Å²) in [4.78, 5) is 24.6. The van der Waals surface area contributed by atoms with Crippen LogP contribution in [0.3, 0.4) is 0 Å². The van der Waals surface area contributed by atoms with E-state index < -0.39 is 30.4 Å². The third kappa shape index (κ3) is 3.63. The first kappa shape index (κ1) is 20.3. The van der Waals surface area contributed by atoms with Crippen molar-refractivity contribution in [1.29, 1.82) is 0 Å². The number of amides is 1. The van der Waals surface area contributed by atoms with Crippen molar-refractivity contribution >= 4 is 40.4 Å². The molecule has 30 heavy (non-hydrogen) atoms. The number of carbonyl (C=O) groups excluding carboxylic acids is 1. The Morgan fingerprint density at radius 2 is 2.13 bits per heavy atom. The van der Waals surface area contributed by atoms with E-state index >= 15 is 0 Å². The summed E-state index contributed by atoms with van der Waals surface area (Å²) in [6, 6.07) is 7.34. The highest BCUT2D eigenvalue weighted by atomic mass is 35.5. The first-order valence-corrected chi connectivity index (χ1v) is 9.48. The number of aliphatic hydroxyl groups is 2. The summed E-state index contributed by atoms with van der Waals surface area (Å²) in [6.07, 6.45) is -3.71. The Labute approximate surface area is 175 Å². The third-order valence-electron chi connectivity index (χ3n) is 4.80. The lowest BCUT2D eigenvalue weighted by atomic mass is 10.1. The molecule has 0 spiro atoms. The summed E-state index contributed by atoms with van der Waals surface area (Å²) in [6.45, 7) is 0.416. The van der Waals surface area contributed by atoms with Gasteiger partial charge in [0, 0.05) is 18.6 Å². The first-order chi connectivity index (χ1) is 14.4. The number of aromatic nitrogens is 4. The lowest BCUT2D eigenvalue weighted by Gasteiger charge is -2.16. The summed E-state index contributed by atoms with van der Waals surface area (Å²) in [5.74, 6) is -0.188. The molecular formula is C18H20ClN7O4. The molecule has 0 saturated carbocycles.